The smallest absolute Gasteiger partial charge is 0.313 e. The molecule has 2 aromatic rings. The molecule has 1 aliphatic rings. The molecule has 3 rings (SSSR count). The summed E-state index contributed by atoms with van der Waals surface area (Å²) in [6.07, 6.45) is 0.589. The molecule has 1 aromatic carbocycles. The number of aryl methyl sites for hydroxylation is 2. The lowest BCUT2D eigenvalue weighted by atomic mass is 9.75. The molecule has 0 amide bonds. The fourth-order valence-electron chi connectivity index (χ4n) is 3.96. The standard InChI is InChI=1S/C20H24F2N2O5S/c1-4-28-19(25)20(11-15-6-7-16(21)10-17(15)22)8-5-9-24(12-20)30(26,27)18-13(2)23-29-14(18)3/h6-7,10H,4-5,8-9,11-12H2,1-3H3. The first kappa shape index (κ1) is 22.4. The average molecular weight is 442 g/mol. The minimum absolute atomic E-state index is 0.0323. The first-order valence-corrected chi connectivity index (χ1v) is 11.1. The van der Waals surface area contributed by atoms with E-state index >= 15 is 0 Å². The second-order valence-corrected chi connectivity index (χ2v) is 9.38. The van der Waals surface area contributed by atoms with E-state index in [1.54, 1.807) is 6.92 Å². The van der Waals surface area contributed by atoms with Gasteiger partial charge in [-0.3, -0.25) is 4.79 Å². The molecule has 0 bridgehead atoms. The molecule has 0 N–H and O–H groups in total. The van der Waals surface area contributed by atoms with Crippen molar-refractivity contribution in [1.82, 2.24) is 9.46 Å². The summed E-state index contributed by atoms with van der Waals surface area (Å²) < 4.78 is 65.6. The van der Waals surface area contributed by atoms with Crippen LogP contribution in [0.5, 0.6) is 0 Å². The first-order chi connectivity index (χ1) is 14.1. The Labute approximate surface area is 174 Å². The van der Waals surface area contributed by atoms with Gasteiger partial charge in [0, 0.05) is 19.2 Å². The zero-order chi connectivity index (χ0) is 22.1. The van der Waals surface area contributed by atoms with E-state index in [4.69, 9.17) is 9.26 Å². The second kappa shape index (κ2) is 8.43. The number of halogens is 2. The van der Waals surface area contributed by atoms with Gasteiger partial charge >= 0.3 is 5.97 Å². The third-order valence-electron chi connectivity index (χ3n) is 5.36. The molecule has 2 heterocycles. The van der Waals surface area contributed by atoms with Crippen LogP contribution in [0.4, 0.5) is 8.78 Å². The summed E-state index contributed by atoms with van der Waals surface area (Å²) in [7, 11) is -3.99. The van der Waals surface area contributed by atoms with Crippen LogP contribution in [0.25, 0.3) is 0 Å². The number of benzene rings is 1. The monoisotopic (exact) mass is 442 g/mol. The lowest BCUT2D eigenvalue weighted by Gasteiger charge is -2.40. The van der Waals surface area contributed by atoms with Gasteiger partial charge in [0.2, 0.25) is 10.0 Å². The van der Waals surface area contributed by atoms with E-state index in [1.807, 2.05) is 0 Å². The van der Waals surface area contributed by atoms with Gasteiger partial charge in [-0.05, 0) is 51.7 Å². The van der Waals surface area contributed by atoms with Gasteiger partial charge in [-0.2, -0.15) is 4.31 Å². The molecular weight excluding hydrogens is 418 g/mol. The van der Waals surface area contributed by atoms with Gasteiger partial charge in [-0.25, -0.2) is 17.2 Å². The third kappa shape index (κ3) is 4.11. The minimum Gasteiger partial charge on any atom is -0.466 e. The molecule has 1 aromatic heterocycles. The Balaban J connectivity index is 2.00. The number of rotatable bonds is 6. The van der Waals surface area contributed by atoms with E-state index in [1.165, 1.54) is 24.2 Å². The van der Waals surface area contributed by atoms with Crippen molar-refractivity contribution in [2.75, 3.05) is 19.7 Å². The fraction of sp³-hybridized carbons (Fsp3) is 0.500. The maximum atomic E-state index is 14.3. The van der Waals surface area contributed by atoms with Gasteiger partial charge in [-0.1, -0.05) is 11.2 Å². The molecular formula is C20H24F2N2O5S. The molecule has 1 aliphatic heterocycles. The van der Waals surface area contributed by atoms with Crippen LogP contribution in [0, 0.1) is 30.9 Å². The summed E-state index contributed by atoms with van der Waals surface area (Å²) in [5, 5.41) is 3.71. The summed E-state index contributed by atoms with van der Waals surface area (Å²) in [5.74, 6) is -1.96. The van der Waals surface area contributed by atoms with Crippen LogP contribution < -0.4 is 0 Å². The highest BCUT2D eigenvalue weighted by atomic mass is 32.2. The third-order valence-corrected chi connectivity index (χ3v) is 7.45. The van der Waals surface area contributed by atoms with Crippen LogP contribution >= 0.6 is 0 Å². The molecule has 1 fully saturated rings. The molecule has 7 nitrogen and oxygen atoms in total. The number of ether oxygens (including phenoxy) is 1. The Morgan fingerprint density at radius 1 is 1.33 bits per heavy atom. The predicted molar refractivity (Wildman–Crippen MR) is 103 cm³/mol. The summed E-state index contributed by atoms with van der Waals surface area (Å²) in [4.78, 5) is 12.9. The number of hydrogen-bond donors (Lipinski definition) is 0. The fourth-order valence-corrected chi connectivity index (χ4v) is 5.82. The molecule has 164 valence electrons. The Morgan fingerprint density at radius 2 is 2.07 bits per heavy atom. The number of nitrogens with zero attached hydrogens (tertiary/aromatic N) is 2. The molecule has 0 spiro atoms. The number of hydrogen-bond acceptors (Lipinski definition) is 6. The quantitative estimate of drug-likeness (QED) is 0.639. The predicted octanol–water partition coefficient (Wildman–Crippen LogP) is 3.15. The topological polar surface area (TPSA) is 89.7 Å². The van der Waals surface area contributed by atoms with Crippen molar-refractivity contribution >= 4 is 16.0 Å². The van der Waals surface area contributed by atoms with E-state index < -0.39 is 33.0 Å². The largest absolute Gasteiger partial charge is 0.466 e. The molecule has 0 aliphatic carbocycles. The van der Waals surface area contributed by atoms with Crippen LogP contribution in [0.15, 0.2) is 27.6 Å². The number of esters is 1. The van der Waals surface area contributed by atoms with Gasteiger partial charge in [0.1, 0.15) is 22.2 Å². The Hall–Kier alpha value is -2.33. The van der Waals surface area contributed by atoms with Crippen LogP contribution in [-0.2, 0) is 26.0 Å². The SMILES string of the molecule is CCOC(=O)C1(Cc2ccc(F)cc2F)CCCN(S(=O)(=O)c2c(C)noc2C)C1. The second-order valence-electron chi connectivity index (χ2n) is 7.51. The normalized spacial score (nSPS) is 20.3. The molecule has 1 atom stereocenters. The van der Waals surface area contributed by atoms with Crippen molar-refractivity contribution in [3.63, 3.8) is 0 Å². The van der Waals surface area contributed by atoms with E-state index in [2.05, 4.69) is 5.16 Å². The highest BCUT2D eigenvalue weighted by Crippen LogP contribution is 2.38. The van der Waals surface area contributed by atoms with Crippen LogP contribution in [0.2, 0.25) is 0 Å². The van der Waals surface area contributed by atoms with Crippen molar-refractivity contribution in [2.45, 2.75) is 44.9 Å². The lowest BCUT2D eigenvalue weighted by Crippen LogP contribution is -2.51. The Morgan fingerprint density at radius 3 is 2.67 bits per heavy atom. The maximum absolute atomic E-state index is 14.3. The van der Waals surface area contributed by atoms with Crippen LogP contribution in [0.3, 0.4) is 0 Å². The Kier molecular flexibility index (Phi) is 6.28. The number of carbonyl (C=O) groups excluding carboxylic acids is 1. The zero-order valence-electron chi connectivity index (χ0n) is 17.1. The van der Waals surface area contributed by atoms with Crippen molar-refractivity contribution < 1.29 is 31.3 Å². The molecule has 0 saturated carbocycles. The van der Waals surface area contributed by atoms with E-state index in [0.29, 0.717) is 12.8 Å². The van der Waals surface area contributed by atoms with Gasteiger partial charge in [0.25, 0.3) is 0 Å². The van der Waals surface area contributed by atoms with E-state index in [0.717, 1.165) is 12.1 Å². The summed E-state index contributed by atoms with van der Waals surface area (Å²) in [5.41, 5.74) is -0.940. The summed E-state index contributed by atoms with van der Waals surface area (Å²) >= 11 is 0. The van der Waals surface area contributed by atoms with E-state index in [9.17, 15) is 22.0 Å². The summed E-state index contributed by atoms with van der Waals surface area (Å²) in [6, 6.07) is 3.13. The molecule has 10 heteroatoms. The Bertz CT molecular complexity index is 1030. The van der Waals surface area contributed by atoms with Gasteiger partial charge in [0.05, 0.1) is 12.0 Å². The number of aromatic nitrogens is 1. The highest BCUT2D eigenvalue weighted by molar-refractivity contribution is 7.89. The summed E-state index contributed by atoms with van der Waals surface area (Å²) in [6.45, 7) is 4.78. The van der Waals surface area contributed by atoms with Gasteiger partial charge in [-0.15, -0.1) is 0 Å². The van der Waals surface area contributed by atoms with Crippen molar-refractivity contribution in [3.05, 3.63) is 46.9 Å². The van der Waals surface area contributed by atoms with Crippen LogP contribution in [0.1, 0.15) is 36.8 Å². The van der Waals surface area contributed by atoms with Crippen molar-refractivity contribution in [2.24, 2.45) is 5.41 Å². The van der Waals surface area contributed by atoms with Crippen molar-refractivity contribution in [3.8, 4) is 0 Å². The number of piperidine rings is 1. The van der Waals surface area contributed by atoms with Crippen molar-refractivity contribution in [1.29, 1.82) is 0 Å². The molecule has 30 heavy (non-hydrogen) atoms. The van der Waals surface area contributed by atoms with E-state index in [-0.39, 0.29) is 48.0 Å². The molecule has 1 unspecified atom stereocenters. The highest BCUT2D eigenvalue weighted by Gasteiger charge is 2.47. The number of carbonyl (C=O) groups is 1. The number of sulfonamides is 1. The zero-order valence-corrected chi connectivity index (χ0v) is 17.9. The first-order valence-electron chi connectivity index (χ1n) is 9.65. The van der Waals surface area contributed by atoms with Crippen LogP contribution in [-0.4, -0.2) is 43.5 Å². The molecule has 1 saturated heterocycles. The maximum Gasteiger partial charge on any atom is 0.313 e. The molecule has 0 radical (unpaired) electrons. The average Bonchev–Trinajstić information content (AvgIpc) is 3.03. The lowest BCUT2D eigenvalue weighted by molar-refractivity contribution is -0.157. The minimum atomic E-state index is -3.99. The van der Waals surface area contributed by atoms with Gasteiger partial charge in [0.15, 0.2) is 5.76 Å². The van der Waals surface area contributed by atoms with Gasteiger partial charge < -0.3 is 9.26 Å².